The topological polar surface area (TPSA) is 57.6 Å². The van der Waals surface area contributed by atoms with Crippen LogP contribution in [0.15, 0.2) is 0 Å². The van der Waals surface area contributed by atoms with Crippen LogP contribution in [0.1, 0.15) is 38.5 Å². The van der Waals surface area contributed by atoms with E-state index in [-0.39, 0.29) is 12.3 Å². The first kappa shape index (κ1) is 15.8. The molecule has 110 valence electrons. The number of carbonyl (C=O) groups excluding carboxylic acids is 1. The molecule has 1 amide bonds. The normalized spacial score (nSPS) is 21.0. The second kappa shape index (κ2) is 6.77. The minimum absolute atomic E-state index is 0.0120. The lowest BCUT2D eigenvalue weighted by molar-refractivity contribution is -0.149. The third kappa shape index (κ3) is 6.45. The van der Waals surface area contributed by atoms with Crippen LogP contribution in [-0.2, 0) is 9.59 Å². The molecule has 1 aliphatic rings. The molecule has 1 N–H and O–H groups in total. The highest BCUT2D eigenvalue weighted by Crippen LogP contribution is 2.24. The number of halogens is 3. The summed E-state index contributed by atoms with van der Waals surface area (Å²) in [5.41, 5.74) is 0. The van der Waals surface area contributed by atoms with Gasteiger partial charge in [0.05, 0.1) is 6.42 Å². The maximum atomic E-state index is 12.0. The van der Waals surface area contributed by atoms with Crippen LogP contribution in [0, 0.1) is 5.92 Å². The van der Waals surface area contributed by atoms with Crippen molar-refractivity contribution in [2.45, 2.75) is 44.7 Å². The fourth-order valence-corrected chi connectivity index (χ4v) is 2.27. The van der Waals surface area contributed by atoms with Gasteiger partial charge in [0.25, 0.3) is 0 Å². The Kier molecular flexibility index (Phi) is 5.62. The van der Waals surface area contributed by atoms with Crippen molar-refractivity contribution in [2.24, 2.45) is 5.92 Å². The van der Waals surface area contributed by atoms with Gasteiger partial charge in [-0.05, 0) is 25.2 Å². The Hall–Kier alpha value is -1.27. The lowest BCUT2D eigenvalue weighted by atomic mass is 9.97. The van der Waals surface area contributed by atoms with Crippen LogP contribution in [0.3, 0.4) is 0 Å². The van der Waals surface area contributed by atoms with Crippen molar-refractivity contribution in [1.29, 1.82) is 0 Å². The predicted molar refractivity (Wildman–Crippen MR) is 61.5 cm³/mol. The van der Waals surface area contributed by atoms with Crippen molar-refractivity contribution in [3.05, 3.63) is 0 Å². The van der Waals surface area contributed by atoms with Crippen LogP contribution in [0.2, 0.25) is 0 Å². The van der Waals surface area contributed by atoms with Crippen molar-refractivity contribution < 1.29 is 27.9 Å². The maximum Gasteiger partial charge on any atom is 0.389 e. The third-order valence-electron chi connectivity index (χ3n) is 3.29. The van der Waals surface area contributed by atoms with Gasteiger partial charge in [0, 0.05) is 25.9 Å². The summed E-state index contributed by atoms with van der Waals surface area (Å²) in [6.45, 7) is 0.779. The SMILES string of the molecule is O=C(O)CC1CCCN(C(=O)CCC(F)(F)F)CC1. The third-order valence-corrected chi connectivity index (χ3v) is 3.29. The molecule has 1 saturated heterocycles. The summed E-state index contributed by atoms with van der Waals surface area (Å²) >= 11 is 0. The Morgan fingerprint density at radius 3 is 2.47 bits per heavy atom. The zero-order valence-electron chi connectivity index (χ0n) is 10.6. The first-order valence-corrected chi connectivity index (χ1v) is 6.34. The number of aliphatic carboxylic acids is 1. The number of carbonyl (C=O) groups is 2. The predicted octanol–water partition coefficient (Wildman–Crippen LogP) is 2.43. The van der Waals surface area contributed by atoms with E-state index >= 15 is 0 Å². The standard InChI is InChI=1S/C12H18F3NO3/c13-12(14,15)5-3-10(17)16-6-1-2-9(4-7-16)8-11(18)19/h9H,1-8H2,(H,18,19). The number of carboxylic acids is 1. The van der Waals surface area contributed by atoms with Gasteiger partial charge in [-0.25, -0.2) is 0 Å². The van der Waals surface area contributed by atoms with Crippen LogP contribution < -0.4 is 0 Å². The highest BCUT2D eigenvalue weighted by Gasteiger charge is 2.30. The van der Waals surface area contributed by atoms with Gasteiger partial charge >= 0.3 is 12.1 Å². The number of nitrogens with zero attached hydrogens (tertiary/aromatic N) is 1. The second-order valence-electron chi connectivity index (χ2n) is 4.89. The summed E-state index contributed by atoms with van der Waals surface area (Å²) in [6, 6.07) is 0. The molecule has 1 aliphatic heterocycles. The van der Waals surface area contributed by atoms with E-state index in [0.717, 1.165) is 0 Å². The Bertz CT molecular complexity index is 331. The highest BCUT2D eigenvalue weighted by molar-refractivity contribution is 5.76. The summed E-state index contributed by atoms with van der Waals surface area (Å²) < 4.78 is 36.1. The number of hydrogen-bond donors (Lipinski definition) is 1. The molecule has 1 unspecified atom stereocenters. The molecular formula is C12H18F3NO3. The van der Waals surface area contributed by atoms with Gasteiger partial charge in [0.2, 0.25) is 5.91 Å². The number of carboxylic acid groups (broad SMARTS) is 1. The van der Waals surface area contributed by atoms with E-state index in [1.54, 1.807) is 0 Å². The van der Waals surface area contributed by atoms with Crippen LogP contribution in [0.5, 0.6) is 0 Å². The van der Waals surface area contributed by atoms with E-state index in [2.05, 4.69) is 0 Å². The van der Waals surface area contributed by atoms with E-state index in [4.69, 9.17) is 5.11 Å². The van der Waals surface area contributed by atoms with E-state index < -0.39 is 30.9 Å². The number of alkyl halides is 3. The fourth-order valence-electron chi connectivity index (χ4n) is 2.27. The van der Waals surface area contributed by atoms with Crippen molar-refractivity contribution >= 4 is 11.9 Å². The summed E-state index contributed by atoms with van der Waals surface area (Å²) in [5, 5.41) is 8.70. The van der Waals surface area contributed by atoms with Crippen molar-refractivity contribution in [3.8, 4) is 0 Å². The molecule has 1 atom stereocenters. The zero-order valence-corrected chi connectivity index (χ0v) is 10.6. The summed E-state index contributed by atoms with van der Waals surface area (Å²) in [7, 11) is 0. The molecular weight excluding hydrogens is 263 g/mol. The second-order valence-corrected chi connectivity index (χ2v) is 4.89. The van der Waals surface area contributed by atoms with Crippen molar-refractivity contribution in [3.63, 3.8) is 0 Å². The Balaban J connectivity index is 2.39. The van der Waals surface area contributed by atoms with Crippen LogP contribution >= 0.6 is 0 Å². The molecule has 4 nitrogen and oxygen atoms in total. The zero-order chi connectivity index (χ0) is 14.5. The molecule has 0 aromatic carbocycles. The van der Waals surface area contributed by atoms with Gasteiger partial charge in [-0.3, -0.25) is 9.59 Å². The molecule has 0 spiro atoms. The Labute approximate surface area is 109 Å². The molecule has 0 aromatic rings. The Morgan fingerprint density at radius 1 is 1.21 bits per heavy atom. The molecule has 0 bridgehead atoms. The van der Waals surface area contributed by atoms with E-state index in [9.17, 15) is 22.8 Å². The molecule has 1 rings (SSSR count). The van der Waals surface area contributed by atoms with E-state index in [1.807, 2.05) is 0 Å². The summed E-state index contributed by atoms with van der Waals surface area (Å²) in [6.07, 6.45) is -3.97. The highest BCUT2D eigenvalue weighted by atomic mass is 19.4. The quantitative estimate of drug-likeness (QED) is 0.861. The molecule has 0 aromatic heterocycles. The molecule has 19 heavy (non-hydrogen) atoms. The molecule has 0 radical (unpaired) electrons. The molecule has 0 saturated carbocycles. The first-order valence-electron chi connectivity index (χ1n) is 6.34. The lowest BCUT2D eigenvalue weighted by Gasteiger charge is -2.21. The largest absolute Gasteiger partial charge is 0.481 e. The molecule has 7 heteroatoms. The average molecular weight is 281 g/mol. The van der Waals surface area contributed by atoms with Crippen LogP contribution in [0.4, 0.5) is 13.2 Å². The number of rotatable bonds is 4. The van der Waals surface area contributed by atoms with Crippen molar-refractivity contribution in [1.82, 2.24) is 4.90 Å². The lowest BCUT2D eigenvalue weighted by Crippen LogP contribution is -2.32. The molecule has 1 fully saturated rings. The minimum atomic E-state index is -4.31. The van der Waals surface area contributed by atoms with Gasteiger partial charge in [0.15, 0.2) is 0 Å². The fraction of sp³-hybridized carbons (Fsp3) is 0.833. The molecule has 1 heterocycles. The van der Waals surface area contributed by atoms with Crippen LogP contribution in [-0.4, -0.2) is 41.1 Å². The average Bonchev–Trinajstić information content (AvgIpc) is 2.50. The minimum Gasteiger partial charge on any atom is -0.481 e. The molecule has 0 aliphatic carbocycles. The van der Waals surface area contributed by atoms with Gasteiger partial charge in [-0.15, -0.1) is 0 Å². The maximum absolute atomic E-state index is 12.0. The first-order chi connectivity index (χ1) is 8.78. The smallest absolute Gasteiger partial charge is 0.389 e. The van der Waals surface area contributed by atoms with Gasteiger partial charge in [0.1, 0.15) is 0 Å². The van der Waals surface area contributed by atoms with Crippen molar-refractivity contribution in [2.75, 3.05) is 13.1 Å². The Morgan fingerprint density at radius 2 is 1.89 bits per heavy atom. The monoisotopic (exact) mass is 281 g/mol. The van der Waals surface area contributed by atoms with Gasteiger partial charge < -0.3 is 10.0 Å². The number of amides is 1. The van der Waals surface area contributed by atoms with Gasteiger partial charge in [-0.1, -0.05) is 0 Å². The van der Waals surface area contributed by atoms with E-state index in [1.165, 1.54) is 4.90 Å². The van der Waals surface area contributed by atoms with E-state index in [0.29, 0.717) is 32.4 Å². The number of likely N-dealkylation sites (tertiary alicyclic amines) is 1. The summed E-state index contributed by atoms with van der Waals surface area (Å²) in [5.74, 6) is -1.35. The van der Waals surface area contributed by atoms with Crippen LogP contribution in [0.25, 0.3) is 0 Å². The van der Waals surface area contributed by atoms with Gasteiger partial charge in [-0.2, -0.15) is 13.2 Å². The number of hydrogen-bond acceptors (Lipinski definition) is 2. The summed E-state index contributed by atoms with van der Waals surface area (Å²) in [4.78, 5) is 23.7.